The van der Waals surface area contributed by atoms with E-state index in [1.165, 1.54) is 6.07 Å². The number of sulfone groups is 1. The van der Waals surface area contributed by atoms with Gasteiger partial charge in [-0.25, -0.2) is 8.42 Å². The quantitative estimate of drug-likeness (QED) is 0.928. The van der Waals surface area contributed by atoms with Gasteiger partial charge < -0.3 is 5.32 Å². The highest BCUT2D eigenvalue weighted by Gasteiger charge is 2.33. The third-order valence-corrected chi connectivity index (χ3v) is 5.71. The molecule has 1 atom stereocenters. The van der Waals surface area contributed by atoms with Crippen LogP contribution in [0.25, 0.3) is 0 Å². The lowest BCUT2D eigenvalue weighted by Gasteiger charge is -2.23. The zero-order valence-electron chi connectivity index (χ0n) is 12.1. The maximum absolute atomic E-state index is 14.2. The van der Waals surface area contributed by atoms with E-state index in [0.717, 1.165) is 0 Å². The minimum absolute atomic E-state index is 0.0266. The molecule has 6 heteroatoms. The highest BCUT2D eigenvalue weighted by atomic mass is 32.2. The van der Waals surface area contributed by atoms with Gasteiger partial charge in [-0.3, -0.25) is 0 Å². The fourth-order valence-corrected chi connectivity index (χ4v) is 4.13. The van der Waals surface area contributed by atoms with Gasteiger partial charge in [0.05, 0.1) is 18.1 Å². The van der Waals surface area contributed by atoms with Crippen LogP contribution in [0.4, 0.5) is 8.78 Å². The van der Waals surface area contributed by atoms with Crippen molar-refractivity contribution in [2.45, 2.75) is 38.2 Å². The SMILES string of the molecule is Cc1ccccc1C(F)(F)CNC1CCCS(=O)(=O)CC1. The molecule has 1 aromatic carbocycles. The second kappa shape index (κ2) is 6.40. The molecule has 1 aliphatic heterocycles. The van der Waals surface area contributed by atoms with Gasteiger partial charge in [0.1, 0.15) is 9.84 Å². The Labute approximate surface area is 124 Å². The van der Waals surface area contributed by atoms with Crippen LogP contribution in [0, 0.1) is 6.92 Å². The molecule has 1 aromatic rings. The van der Waals surface area contributed by atoms with Gasteiger partial charge in [-0.2, -0.15) is 8.78 Å². The average molecular weight is 317 g/mol. The number of hydrogen-bond donors (Lipinski definition) is 1. The summed E-state index contributed by atoms with van der Waals surface area (Å²) in [5, 5.41) is 2.85. The van der Waals surface area contributed by atoms with Crippen LogP contribution in [0.3, 0.4) is 0 Å². The Kier molecular flexibility index (Phi) is 4.99. The molecule has 0 radical (unpaired) electrons. The first kappa shape index (κ1) is 16.4. The first-order valence-corrected chi connectivity index (χ1v) is 9.00. The molecule has 1 N–H and O–H groups in total. The van der Waals surface area contributed by atoms with Crippen molar-refractivity contribution in [2.75, 3.05) is 18.1 Å². The summed E-state index contributed by atoms with van der Waals surface area (Å²) < 4.78 is 51.5. The Hall–Kier alpha value is -1.01. The lowest BCUT2D eigenvalue weighted by atomic mass is 10.0. The summed E-state index contributed by atoms with van der Waals surface area (Å²) in [6, 6.07) is 6.29. The van der Waals surface area contributed by atoms with Crippen molar-refractivity contribution >= 4 is 9.84 Å². The Bertz CT molecular complexity index is 587. The molecule has 3 nitrogen and oxygen atoms in total. The Morgan fingerprint density at radius 2 is 1.95 bits per heavy atom. The smallest absolute Gasteiger partial charge is 0.285 e. The molecule has 0 aromatic heterocycles. The molecular weight excluding hydrogens is 296 g/mol. The van der Waals surface area contributed by atoms with E-state index in [0.29, 0.717) is 24.8 Å². The van der Waals surface area contributed by atoms with E-state index in [-0.39, 0.29) is 23.1 Å². The van der Waals surface area contributed by atoms with Crippen molar-refractivity contribution in [3.8, 4) is 0 Å². The van der Waals surface area contributed by atoms with Gasteiger partial charge in [0.2, 0.25) is 0 Å². The molecule has 1 saturated heterocycles. The summed E-state index contributed by atoms with van der Waals surface area (Å²) in [4.78, 5) is 0. The molecule has 1 aliphatic rings. The minimum Gasteiger partial charge on any atom is -0.308 e. The van der Waals surface area contributed by atoms with Crippen LogP contribution in [0.1, 0.15) is 30.4 Å². The molecule has 0 spiro atoms. The van der Waals surface area contributed by atoms with Crippen LogP contribution in [-0.4, -0.2) is 32.5 Å². The first-order chi connectivity index (χ1) is 9.80. The fraction of sp³-hybridized carbons (Fsp3) is 0.600. The van der Waals surface area contributed by atoms with Crippen molar-refractivity contribution < 1.29 is 17.2 Å². The van der Waals surface area contributed by atoms with E-state index < -0.39 is 22.3 Å². The van der Waals surface area contributed by atoms with Gasteiger partial charge >= 0.3 is 0 Å². The van der Waals surface area contributed by atoms with Crippen molar-refractivity contribution in [3.63, 3.8) is 0 Å². The Morgan fingerprint density at radius 1 is 1.24 bits per heavy atom. The highest BCUT2D eigenvalue weighted by molar-refractivity contribution is 7.91. The van der Waals surface area contributed by atoms with Gasteiger partial charge in [-0.15, -0.1) is 0 Å². The summed E-state index contributed by atoms with van der Waals surface area (Å²) >= 11 is 0. The third-order valence-electron chi connectivity index (χ3n) is 3.94. The molecule has 0 amide bonds. The third kappa shape index (κ3) is 4.48. The van der Waals surface area contributed by atoms with E-state index in [2.05, 4.69) is 5.32 Å². The normalized spacial score (nSPS) is 22.7. The Morgan fingerprint density at radius 3 is 2.67 bits per heavy atom. The number of alkyl halides is 2. The minimum atomic E-state index is -2.99. The van der Waals surface area contributed by atoms with Crippen molar-refractivity contribution in [1.29, 1.82) is 0 Å². The molecule has 21 heavy (non-hydrogen) atoms. The monoisotopic (exact) mass is 317 g/mol. The zero-order chi connectivity index (χ0) is 15.5. The zero-order valence-corrected chi connectivity index (χ0v) is 12.9. The van der Waals surface area contributed by atoms with Gasteiger partial charge in [0.15, 0.2) is 0 Å². The van der Waals surface area contributed by atoms with Gasteiger partial charge in [-0.1, -0.05) is 24.3 Å². The highest BCUT2D eigenvalue weighted by Crippen LogP contribution is 2.30. The fourth-order valence-electron chi connectivity index (χ4n) is 2.67. The summed E-state index contributed by atoms with van der Waals surface area (Å²) in [6.07, 6.45) is 1.57. The van der Waals surface area contributed by atoms with Crippen molar-refractivity contribution in [3.05, 3.63) is 35.4 Å². The summed E-state index contributed by atoms with van der Waals surface area (Å²) in [7, 11) is -2.99. The molecule has 0 aliphatic carbocycles. The predicted octanol–water partition coefficient (Wildman–Crippen LogP) is 2.64. The number of halogens is 2. The summed E-state index contributed by atoms with van der Waals surface area (Å²) in [5.74, 6) is -2.70. The van der Waals surface area contributed by atoms with E-state index in [4.69, 9.17) is 0 Å². The second-order valence-electron chi connectivity index (χ2n) is 5.68. The van der Waals surface area contributed by atoms with Crippen LogP contribution in [-0.2, 0) is 15.8 Å². The lowest BCUT2D eigenvalue weighted by Crippen LogP contribution is -2.38. The van der Waals surface area contributed by atoms with Crippen molar-refractivity contribution in [1.82, 2.24) is 5.32 Å². The second-order valence-corrected chi connectivity index (χ2v) is 7.98. The Balaban J connectivity index is 1.97. The topological polar surface area (TPSA) is 46.2 Å². The first-order valence-electron chi connectivity index (χ1n) is 7.18. The van der Waals surface area contributed by atoms with E-state index in [1.54, 1.807) is 25.1 Å². The van der Waals surface area contributed by atoms with Crippen LogP contribution in [0.15, 0.2) is 24.3 Å². The summed E-state index contributed by atoms with van der Waals surface area (Å²) in [6.45, 7) is 1.21. The van der Waals surface area contributed by atoms with E-state index >= 15 is 0 Å². The van der Waals surface area contributed by atoms with Gasteiger partial charge in [0, 0.05) is 11.6 Å². The molecule has 1 fully saturated rings. The molecule has 0 bridgehead atoms. The number of nitrogens with one attached hydrogen (secondary N) is 1. The van der Waals surface area contributed by atoms with Gasteiger partial charge in [-0.05, 0) is 31.7 Å². The molecule has 1 unspecified atom stereocenters. The molecule has 0 saturated carbocycles. The summed E-state index contributed by atoms with van der Waals surface area (Å²) in [5.41, 5.74) is 0.589. The maximum atomic E-state index is 14.2. The maximum Gasteiger partial charge on any atom is 0.285 e. The number of aryl methyl sites for hydroxylation is 1. The number of rotatable bonds is 4. The van der Waals surface area contributed by atoms with Crippen LogP contribution in [0.5, 0.6) is 0 Å². The van der Waals surface area contributed by atoms with Gasteiger partial charge in [0.25, 0.3) is 5.92 Å². The molecule has 1 heterocycles. The number of hydrogen-bond acceptors (Lipinski definition) is 3. The number of benzene rings is 1. The molecular formula is C15H21F2NO2S. The molecule has 118 valence electrons. The van der Waals surface area contributed by atoms with Crippen LogP contribution < -0.4 is 5.32 Å². The van der Waals surface area contributed by atoms with Crippen molar-refractivity contribution in [2.24, 2.45) is 0 Å². The average Bonchev–Trinajstić information content (AvgIpc) is 2.58. The largest absolute Gasteiger partial charge is 0.308 e. The standard InChI is InChI=1S/C15H21F2NO2S/c1-12-5-2-3-7-14(12)15(16,17)11-18-13-6-4-9-21(19,20)10-8-13/h2-3,5,7,13,18H,4,6,8-11H2,1H3. The van der Waals surface area contributed by atoms with Crippen LogP contribution in [0.2, 0.25) is 0 Å². The lowest BCUT2D eigenvalue weighted by molar-refractivity contribution is -0.00661. The molecule has 2 rings (SSSR count). The van der Waals surface area contributed by atoms with Crippen LogP contribution >= 0.6 is 0 Å². The predicted molar refractivity (Wildman–Crippen MR) is 79.4 cm³/mol. The van der Waals surface area contributed by atoms with E-state index in [9.17, 15) is 17.2 Å². The van der Waals surface area contributed by atoms with E-state index in [1.807, 2.05) is 0 Å².